The molecule has 0 aromatic carbocycles. The third-order valence-electron chi connectivity index (χ3n) is 2.61. The van der Waals surface area contributed by atoms with E-state index < -0.39 is 0 Å². The van der Waals surface area contributed by atoms with Gasteiger partial charge in [-0.3, -0.25) is 0 Å². The molecule has 0 aliphatic carbocycles. The number of aromatic nitrogens is 2. The van der Waals surface area contributed by atoms with Gasteiger partial charge in [0, 0.05) is 6.20 Å². The van der Waals surface area contributed by atoms with Gasteiger partial charge < -0.3 is 10.5 Å². The lowest BCUT2D eigenvalue weighted by Gasteiger charge is -2.05. The van der Waals surface area contributed by atoms with Crippen LogP contribution < -0.4 is 10.5 Å². The minimum atomic E-state index is 0.266. The van der Waals surface area contributed by atoms with Crippen LogP contribution in [0.5, 0.6) is 6.01 Å². The molecule has 4 nitrogen and oxygen atoms in total. The van der Waals surface area contributed by atoms with E-state index in [2.05, 4.69) is 16.9 Å². The second kappa shape index (κ2) is 8.80. The van der Waals surface area contributed by atoms with Crippen LogP contribution >= 0.6 is 12.2 Å². The summed E-state index contributed by atoms with van der Waals surface area (Å²) in [5.41, 5.74) is 6.04. The zero-order valence-corrected chi connectivity index (χ0v) is 11.7. The monoisotopic (exact) mass is 267 g/mol. The normalized spacial score (nSPS) is 10.3. The molecule has 0 unspecified atom stereocenters. The van der Waals surface area contributed by atoms with Crippen LogP contribution in [0.2, 0.25) is 0 Å². The summed E-state index contributed by atoms with van der Waals surface area (Å²) in [6.45, 7) is 2.86. The van der Waals surface area contributed by atoms with E-state index in [4.69, 9.17) is 22.7 Å². The number of hydrogen-bond donors (Lipinski definition) is 1. The quantitative estimate of drug-likeness (QED) is 0.550. The van der Waals surface area contributed by atoms with Crippen molar-refractivity contribution in [1.29, 1.82) is 0 Å². The summed E-state index contributed by atoms with van der Waals surface area (Å²) >= 11 is 4.85. The van der Waals surface area contributed by atoms with Gasteiger partial charge in [0.1, 0.15) is 10.7 Å². The SMILES string of the molecule is CCCCCCCCOc1nccc(C(N)=S)n1. The molecule has 0 aliphatic rings. The van der Waals surface area contributed by atoms with Gasteiger partial charge in [-0.05, 0) is 12.5 Å². The zero-order valence-electron chi connectivity index (χ0n) is 10.9. The molecule has 0 saturated carbocycles. The average molecular weight is 267 g/mol. The maximum atomic E-state index is 5.49. The first-order valence-corrected chi connectivity index (χ1v) is 6.90. The van der Waals surface area contributed by atoms with E-state index in [1.54, 1.807) is 12.3 Å². The summed E-state index contributed by atoms with van der Waals surface area (Å²) in [7, 11) is 0. The van der Waals surface area contributed by atoms with E-state index in [1.165, 1.54) is 32.1 Å². The number of ether oxygens (including phenoxy) is 1. The Morgan fingerprint density at radius 1 is 1.28 bits per heavy atom. The van der Waals surface area contributed by atoms with Crippen LogP contribution in [-0.2, 0) is 0 Å². The van der Waals surface area contributed by atoms with Crippen molar-refractivity contribution in [3.8, 4) is 6.01 Å². The third kappa shape index (κ3) is 5.91. The van der Waals surface area contributed by atoms with E-state index in [0.717, 1.165) is 6.42 Å². The molecule has 0 amide bonds. The second-order valence-corrected chi connectivity index (χ2v) is 4.64. The van der Waals surface area contributed by atoms with Crippen molar-refractivity contribution in [3.05, 3.63) is 18.0 Å². The van der Waals surface area contributed by atoms with E-state index >= 15 is 0 Å². The Hall–Kier alpha value is -1.23. The molecule has 0 radical (unpaired) electrons. The fourth-order valence-electron chi connectivity index (χ4n) is 1.59. The number of unbranched alkanes of at least 4 members (excludes halogenated alkanes) is 5. The van der Waals surface area contributed by atoms with Crippen molar-refractivity contribution in [2.75, 3.05) is 6.61 Å². The number of thiocarbonyl (C=S) groups is 1. The summed E-state index contributed by atoms with van der Waals surface area (Å²) in [5.74, 6) is 0. The molecule has 0 aliphatic heterocycles. The first kappa shape index (κ1) is 14.8. The molecule has 0 fully saturated rings. The minimum absolute atomic E-state index is 0.266. The van der Waals surface area contributed by atoms with Crippen molar-refractivity contribution >= 4 is 17.2 Å². The van der Waals surface area contributed by atoms with Crippen molar-refractivity contribution in [2.24, 2.45) is 5.73 Å². The van der Waals surface area contributed by atoms with E-state index in [9.17, 15) is 0 Å². The summed E-state index contributed by atoms with van der Waals surface area (Å²) in [6, 6.07) is 2.04. The number of nitrogens with two attached hydrogens (primary N) is 1. The first-order valence-electron chi connectivity index (χ1n) is 6.49. The average Bonchev–Trinajstić information content (AvgIpc) is 2.38. The van der Waals surface area contributed by atoms with Crippen LogP contribution in [0.1, 0.15) is 51.1 Å². The molecule has 0 bridgehead atoms. The Bertz CT molecular complexity index is 371. The molecule has 0 atom stereocenters. The summed E-state index contributed by atoms with van der Waals surface area (Å²) in [5, 5.41) is 0. The van der Waals surface area contributed by atoms with E-state index in [-0.39, 0.29) is 4.99 Å². The fourth-order valence-corrected chi connectivity index (χ4v) is 1.71. The van der Waals surface area contributed by atoms with Gasteiger partial charge >= 0.3 is 6.01 Å². The van der Waals surface area contributed by atoms with E-state index in [0.29, 0.717) is 18.3 Å². The molecule has 1 rings (SSSR count). The Labute approximate surface area is 114 Å². The fraction of sp³-hybridized carbons (Fsp3) is 0.615. The molecule has 1 aromatic rings. The van der Waals surface area contributed by atoms with Crippen LogP contribution in [0.3, 0.4) is 0 Å². The topological polar surface area (TPSA) is 61.0 Å². The van der Waals surface area contributed by atoms with Crippen molar-refractivity contribution in [2.45, 2.75) is 45.4 Å². The van der Waals surface area contributed by atoms with Gasteiger partial charge in [0.05, 0.1) is 6.61 Å². The van der Waals surface area contributed by atoms with Crippen LogP contribution in [0.4, 0.5) is 0 Å². The van der Waals surface area contributed by atoms with Crippen LogP contribution in [-0.4, -0.2) is 21.6 Å². The number of rotatable bonds is 9. The highest BCUT2D eigenvalue weighted by Crippen LogP contribution is 2.07. The molecular formula is C13H21N3OS. The summed E-state index contributed by atoms with van der Waals surface area (Å²) < 4.78 is 5.47. The largest absolute Gasteiger partial charge is 0.463 e. The Kier molecular flexibility index (Phi) is 7.25. The lowest BCUT2D eigenvalue weighted by atomic mass is 10.1. The van der Waals surface area contributed by atoms with Gasteiger partial charge in [-0.1, -0.05) is 51.2 Å². The van der Waals surface area contributed by atoms with Gasteiger partial charge in [0.15, 0.2) is 0 Å². The number of hydrogen-bond acceptors (Lipinski definition) is 4. The molecule has 2 N–H and O–H groups in total. The maximum Gasteiger partial charge on any atom is 0.316 e. The Morgan fingerprint density at radius 3 is 2.72 bits per heavy atom. The second-order valence-electron chi connectivity index (χ2n) is 4.20. The molecule has 5 heteroatoms. The Balaban J connectivity index is 2.19. The molecule has 100 valence electrons. The molecule has 0 spiro atoms. The van der Waals surface area contributed by atoms with E-state index in [1.807, 2.05) is 0 Å². The van der Waals surface area contributed by atoms with Crippen LogP contribution in [0.15, 0.2) is 12.3 Å². The first-order chi connectivity index (χ1) is 8.74. The number of nitrogens with zero attached hydrogens (tertiary/aromatic N) is 2. The lowest BCUT2D eigenvalue weighted by molar-refractivity contribution is 0.281. The van der Waals surface area contributed by atoms with Gasteiger partial charge in [0.2, 0.25) is 0 Å². The molecule has 0 saturated heterocycles. The van der Waals surface area contributed by atoms with Gasteiger partial charge in [0.25, 0.3) is 0 Å². The van der Waals surface area contributed by atoms with Crippen molar-refractivity contribution < 1.29 is 4.74 Å². The highest BCUT2D eigenvalue weighted by Gasteiger charge is 2.02. The zero-order chi connectivity index (χ0) is 13.2. The highest BCUT2D eigenvalue weighted by atomic mass is 32.1. The Morgan fingerprint density at radius 2 is 2.00 bits per heavy atom. The third-order valence-corrected chi connectivity index (χ3v) is 2.82. The maximum absolute atomic E-state index is 5.49. The van der Waals surface area contributed by atoms with Gasteiger partial charge in [-0.2, -0.15) is 4.98 Å². The van der Waals surface area contributed by atoms with Crippen LogP contribution in [0, 0.1) is 0 Å². The standard InChI is InChI=1S/C13H21N3OS/c1-2-3-4-5-6-7-10-17-13-15-9-8-11(16-13)12(14)18/h8-9H,2-7,10H2,1H3,(H2,14,18). The van der Waals surface area contributed by atoms with Crippen molar-refractivity contribution in [3.63, 3.8) is 0 Å². The van der Waals surface area contributed by atoms with Gasteiger partial charge in [-0.15, -0.1) is 0 Å². The lowest BCUT2D eigenvalue weighted by Crippen LogP contribution is -2.13. The van der Waals surface area contributed by atoms with Gasteiger partial charge in [-0.25, -0.2) is 4.98 Å². The van der Waals surface area contributed by atoms with Crippen molar-refractivity contribution in [1.82, 2.24) is 9.97 Å². The molecular weight excluding hydrogens is 246 g/mol. The molecule has 1 heterocycles. The summed E-state index contributed by atoms with van der Waals surface area (Å²) in [6.07, 6.45) is 9.00. The molecule has 18 heavy (non-hydrogen) atoms. The highest BCUT2D eigenvalue weighted by molar-refractivity contribution is 7.80. The predicted octanol–water partition coefficient (Wildman–Crippen LogP) is 2.85. The smallest absolute Gasteiger partial charge is 0.316 e. The molecule has 1 aromatic heterocycles. The summed E-state index contributed by atoms with van der Waals surface area (Å²) in [4.78, 5) is 8.41. The van der Waals surface area contributed by atoms with Crippen LogP contribution in [0.25, 0.3) is 0 Å². The minimum Gasteiger partial charge on any atom is -0.463 e. The predicted molar refractivity (Wildman–Crippen MR) is 76.8 cm³/mol.